The molecule has 1 heterocycles. The third kappa shape index (κ3) is 3.04. The Hall–Kier alpha value is -1.20. The molecule has 21 heavy (non-hydrogen) atoms. The van der Waals surface area contributed by atoms with Gasteiger partial charge in [-0.25, -0.2) is 13.8 Å². The number of hydrogen-bond donors (Lipinski definition) is 0. The van der Waals surface area contributed by atoms with Crippen molar-refractivity contribution in [3.63, 3.8) is 0 Å². The number of aryl methyl sites for hydroxylation is 1. The molecule has 6 heteroatoms. The lowest BCUT2D eigenvalue weighted by Crippen LogP contribution is -2.25. The number of alkyl halides is 1. The Morgan fingerprint density at radius 1 is 1.38 bits per heavy atom. The van der Waals surface area contributed by atoms with Gasteiger partial charge in [-0.15, -0.1) is 11.6 Å². The molecule has 0 N–H and O–H groups in total. The number of imidazole rings is 1. The highest BCUT2D eigenvalue weighted by Gasteiger charge is 2.26. The van der Waals surface area contributed by atoms with E-state index in [2.05, 4.69) is 16.9 Å². The van der Waals surface area contributed by atoms with Gasteiger partial charge in [-0.3, -0.25) is 0 Å². The molecule has 114 valence electrons. The van der Waals surface area contributed by atoms with Crippen LogP contribution in [-0.2, 0) is 13.0 Å². The third-order valence-corrected chi connectivity index (χ3v) is 4.20. The SMILES string of the molecule is CN(CCn1c(CCCl)nc2c(F)cc(F)cc21)C1CC1. The number of halogens is 3. The lowest BCUT2D eigenvalue weighted by atomic mass is 10.3. The molecule has 0 amide bonds. The van der Waals surface area contributed by atoms with E-state index in [0.29, 0.717) is 36.2 Å². The molecule has 1 aromatic carbocycles. The highest BCUT2D eigenvalue weighted by Crippen LogP contribution is 2.26. The maximum absolute atomic E-state index is 13.9. The number of benzene rings is 1. The molecule has 2 aromatic rings. The van der Waals surface area contributed by atoms with Crippen LogP contribution < -0.4 is 0 Å². The Morgan fingerprint density at radius 3 is 2.81 bits per heavy atom. The van der Waals surface area contributed by atoms with Crippen LogP contribution in [0, 0.1) is 11.6 Å². The number of fused-ring (bicyclic) bond motifs is 1. The van der Waals surface area contributed by atoms with Gasteiger partial charge in [-0.1, -0.05) is 0 Å². The molecule has 0 bridgehead atoms. The predicted octanol–water partition coefficient (Wildman–Crippen LogP) is 3.19. The highest BCUT2D eigenvalue weighted by atomic mass is 35.5. The minimum atomic E-state index is -0.616. The summed E-state index contributed by atoms with van der Waals surface area (Å²) in [4.78, 5) is 6.58. The van der Waals surface area contributed by atoms with Crippen molar-refractivity contribution in [2.75, 3.05) is 19.5 Å². The Bertz CT molecular complexity index is 652. The largest absolute Gasteiger partial charge is 0.326 e. The van der Waals surface area contributed by atoms with E-state index in [-0.39, 0.29) is 5.52 Å². The van der Waals surface area contributed by atoms with Gasteiger partial charge in [0.1, 0.15) is 17.2 Å². The average molecular weight is 314 g/mol. The van der Waals surface area contributed by atoms with E-state index in [9.17, 15) is 8.78 Å². The fourth-order valence-electron chi connectivity index (χ4n) is 2.68. The summed E-state index contributed by atoms with van der Waals surface area (Å²) < 4.78 is 29.2. The van der Waals surface area contributed by atoms with E-state index in [0.717, 1.165) is 12.6 Å². The molecule has 0 saturated heterocycles. The van der Waals surface area contributed by atoms with E-state index in [1.807, 2.05) is 4.57 Å². The first kappa shape index (κ1) is 14.7. The average Bonchev–Trinajstić information content (AvgIpc) is 3.21. The van der Waals surface area contributed by atoms with Crippen molar-refractivity contribution in [2.24, 2.45) is 0 Å². The fourth-order valence-corrected chi connectivity index (χ4v) is 2.85. The number of aromatic nitrogens is 2. The topological polar surface area (TPSA) is 21.1 Å². The normalized spacial score (nSPS) is 15.3. The molecule has 0 spiro atoms. The lowest BCUT2D eigenvalue weighted by molar-refractivity contribution is 0.309. The third-order valence-electron chi connectivity index (χ3n) is 4.02. The van der Waals surface area contributed by atoms with E-state index in [4.69, 9.17) is 11.6 Å². The summed E-state index contributed by atoms with van der Waals surface area (Å²) in [7, 11) is 2.08. The zero-order valence-corrected chi connectivity index (χ0v) is 12.7. The highest BCUT2D eigenvalue weighted by molar-refractivity contribution is 6.17. The molecule has 3 rings (SSSR count). The van der Waals surface area contributed by atoms with Crippen LogP contribution in [0.5, 0.6) is 0 Å². The summed E-state index contributed by atoms with van der Waals surface area (Å²) in [5.74, 6) is -0.0655. The number of nitrogens with zero attached hydrogens (tertiary/aromatic N) is 3. The van der Waals surface area contributed by atoms with Crippen LogP contribution in [-0.4, -0.2) is 40.0 Å². The molecule has 0 radical (unpaired) electrons. The van der Waals surface area contributed by atoms with Gasteiger partial charge < -0.3 is 9.47 Å². The van der Waals surface area contributed by atoms with Crippen molar-refractivity contribution in [2.45, 2.75) is 31.8 Å². The summed E-state index contributed by atoms with van der Waals surface area (Å²) >= 11 is 5.80. The fraction of sp³-hybridized carbons (Fsp3) is 0.533. The quantitative estimate of drug-likeness (QED) is 0.764. The lowest BCUT2D eigenvalue weighted by Gasteiger charge is -2.17. The van der Waals surface area contributed by atoms with E-state index < -0.39 is 11.6 Å². The van der Waals surface area contributed by atoms with Crippen LogP contribution in [0.25, 0.3) is 11.0 Å². The molecule has 0 aliphatic heterocycles. The van der Waals surface area contributed by atoms with E-state index >= 15 is 0 Å². The molecule has 0 unspecified atom stereocenters. The van der Waals surface area contributed by atoms with Gasteiger partial charge in [0.05, 0.1) is 5.52 Å². The van der Waals surface area contributed by atoms with Crippen molar-refractivity contribution in [3.8, 4) is 0 Å². The van der Waals surface area contributed by atoms with Crippen LogP contribution in [0.15, 0.2) is 12.1 Å². The monoisotopic (exact) mass is 313 g/mol. The maximum atomic E-state index is 13.9. The Morgan fingerprint density at radius 2 is 2.14 bits per heavy atom. The van der Waals surface area contributed by atoms with Crippen LogP contribution in [0.4, 0.5) is 8.78 Å². The second kappa shape index (κ2) is 5.89. The Balaban J connectivity index is 1.94. The standard InChI is InChI=1S/C15H18ClF2N3/c1-20(11-2-3-11)6-7-21-13-9-10(17)8-12(18)15(13)19-14(21)4-5-16/h8-9,11H,2-7H2,1H3. The second-order valence-corrected chi connectivity index (χ2v) is 5.96. The summed E-state index contributed by atoms with van der Waals surface area (Å²) in [5, 5.41) is 0. The van der Waals surface area contributed by atoms with Crippen molar-refractivity contribution in [1.82, 2.24) is 14.5 Å². The van der Waals surface area contributed by atoms with Gasteiger partial charge in [0.15, 0.2) is 5.82 Å². The summed E-state index contributed by atoms with van der Waals surface area (Å²) in [5.41, 5.74) is 0.738. The first-order chi connectivity index (χ1) is 10.1. The maximum Gasteiger partial charge on any atom is 0.153 e. The van der Waals surface area contributed by atoms with Gasteiger partial charge in [-0.05, 0) is 26.0 Å². The zero-order valence-electron chi connectivity index (χ0n) is 12.0. The Kier molecular flexibility index (Phi) is 4.13. The molecular formula is C15H18ClF2N3. The first-order valence-corrected chi connectivity index (χ1v) is 7.74. The second-order valence-electron chi connectivity index (χ2n) is 5.59. The molecule has 0 atom stereocenters. The van der Waals surface area contributed by atoms with Crippen molar-refractivity contribution < 1.29 is 8.78 Å². The van der Waals surface area contributed by atoms with Crippen molar-refractivity contribution in [3.05, 3.63) is 29.6 Å². The molecular weight excluding hydrogens is 296 g/mol. The van der Waals surface area contributed by atoms with E-state index in [1.165, 1.54) is 18.9 Å². The van der Waals surface area contributed by atoms with Crippen LogP contribution in [0.1, 0.15) is 18.7 Å². The van der Waals surface area contributed by atoms with Gasteiger partial charge in [0.2, 0.25) is 0 Å². The van der Waals surface area contributed by atoms with Crippen LogP contribution in [0.2, 0.25) is 0 Å². The van der Waals surface area contributed by atoms with Crippen LogP contribution >= 0.6 is 11.6 Å². The van der Waals surface area contributed by atoms with Gasteiger partial charge in [0.25, 0.3) is 0 Å². The van der Waals surface area contributed by atoms with Gasteiger partial charge in [-0.2, -0.15) is 0 Å². The molecule has 1 aliphatic rings. The zero-order chi connectivity index (χ0) is 15.0. The minimum Gasteiger partial charge on any atom is -0.326 e. The number of hydrogen-bond acceptors (Lipinski definition) is 2. The molecule has 3 nitrogen and oxygen atoms in total. The number of likely N-dealkylation sites (N-methyl/N-ethyl adjacent to an activating group) is 1. The van der Waals surface area contributed by atoms with Crippen molar-refractivity contribution in [1.29, 1.82) is 0 Å². The van der Waals surface area contributed by atoms with Crippen molar-refractivity contribution >= 4 is 22.6 Å². The predicted molar refractivity (Wildman–Crippen MR) is 79.7 cm³/mol. The molecule has 1 saturated carbocycles. The van der Waals surface area contributed by atoms with Gasteiger partial charge >= 0.3 is 0 Å². The van der Waals surface area contributed by atoms with E-state index in [1.54, 1.807) is 0 Å². The first-order valence-electron chi connectivity index (χ1n) is 7.20. The molecule has 1 aromatic heterocycles. The number of rotatable bonds is 6. The molecule has 1 fully saturated rings. The summed E-state index contributed by atoms with van der Waals surface area (Å²) in [6.07, 6.45) is 3.02. The van der Waals surface area contributed by atoms with Crippen LogP contribution in [0.3, 0.4) is 0 Å². The van der Waals surface area contributed by atoms with Gasteiger partial charge in [0, 0.05) is 37.5 Å². The summed E-state index contributed by atoms with van der Waals surface area (Å²) in [6.45, 7) is 1.50. The summed E-state index contributed by atoms with van der Waals surface area (Å²) in [6, 6.07) is 2.88. The smallest absolute Gasteiger partial charge is 0.153 e. The Labute approximate surface area is 127 Å². The minimum absolute atomic E-state index is 0.227. The molecule has 1 aliphatic carbocycles.